The van der Waals surface area contributed by atoms with Crippen molar-refractivity contribution in [3.63, 3.8) is 0 Å². The quantitative estimate of drug-likeness (QED) is 0.326. The van der Waals surface area contributed by atoms with E-state index < -0.39 is 128 Å². The molecule has 38 heavy (non-hydrogen) atoms. The number of nitrogens with two attached hydrogens (primary N) is 1. The lowest BCUT2D eigenvalue weighted by Gasteiger charge is -2.36. The Morgan fingerprint density at radius 2 is 1.76 bits per heavy atom. The van der Waals surface area contributed by atoms with E-state index in [-0.39, 0.29) is 6.42 Å². The number of primary amides is 1. The molecule has 5 atom stereocenters. The molecule has 1 aliphatic heterocycles. The van der Waals surface area contributed by atoms with Gasteiger partial charge in [-0.15, -0.1) is 0 Å². The molecule has 2 saturated carbocycles. The molecule has 0 radical (unpaired) electrons. The Bertz CT molecular complexity index is 1490. The zero-order valence-electron chi connectivity index (χ0n) is 36.5. The van der Waals surface area contributed by atoms with Crippen LogP contribution < -0.4 is 21.7 Å². The number of likely N-dealkylation sites (tertiary alicyclic amines) is 1. The number of hydrogen-bond acceptors (Lipinski definition) is 5. The fourth-order valence-electron chi connectivity index (χ4n) is 4.78. The summed E-state index contributed by atoms with van der Waals surface area (Å²) in [5.41, 5.74) is 1.13. The molecular weight excluding hydrogens is 486 g/mol. The van der Waals surface area contributed by atoms with Gasteiger partial charge in [-0.1, -0.05) is 53.6 Å². The Kier molecular flexibility index (Phi) is 4.37. The van der Waals surface area contributed by atoms with Crippen molar-refractivity contribution in [2.24, 2.45) is 34.3 Å². The van der Waals surface area contributed by atoms with E-state index in [1.807, 2.05) is 5.32 Å². The van der Waals surface area contributed by atoms with E-state index in [1.165, 1.54) is 0 Å². The summed E-state index contributed by atoms with van der Waals surface area (Å²) in [6.45, 7) is 3.04. The Labute approximate surface area is 246 Å². The van der Waals surface area contributed by atoms with Crippen molar-refractivity contribution in [3.05, 3.63) is 0 Å². The molecular formula is C28H47N5O5. The molecule has 5 amide bonds. The number of carbonyl (C=O) groups excluding carboxylic acids is 5. The van der Waals surface area contributed by atoms with Crippen molar-refractivity contribution < 1.29 is 43.2 Å². The first-order chi connectivity index (χ1) is 22.8. The number of urea groups is 1. The lowest BCUT2D eigenvalue weighted by atomic mass is 9.80. The number of nitrogens with zero attached hydrogens (tertiary/aromatic N) is 1. The molecule has 2 aliphatic carbocycles. The van der Waals surface area contributed by atoms with E-state index >= 15 is 0 Å². The van der Waals surface area contributed by atoms with Gasteiger partial charge in [0.05, 0.1) is 7.39 Å². The molecule has 10 nitrogen and oxygen atoms in total. The van der Waals surface area contributed by atoms with Crippen LogP contribution in [0.1, 0.15) is 106 Å². The first kappa shape index (κ1) is 15.8. The fraction of sp³-hybridized carbons (Fsp3) is 0.821. The zero-order chi connectivity index (χ0) is 41.0. The van der Waals surface area contributed by atoms with Crippen molar-refractivity contribution in [1.82, 2.24) is 20.9 Å². The number of hydrogen-bond donors (Lipinski definition) is 4. The third kappa shape index (κ3) is 6.86. The molecule has 0 aromatic heterocycles. The second-order valence-corrected chi connectivity index (χ2v) is 12.3. The van der Waals surface area contributed by atoms with Crippen LogP contribution >= 0.6 is 0 Å². The van der Waals surface area contributed by atoms with Gasteiger partial charge in [-0.25, -0.2) is 4.79 Å². The van der Waals surface area contributed by atoms with E-state index in [2.05, 4.69) is 10.6 Å². The van der Waals surface area contributed by atoms with Gasteiger partial charge in [-0.3, -0.25) is 19.2 Å². The minimum Gasteiger partial charge on any atom is -0.363 e. The highest BCUT2D eigenvalue weighted by Gasteiger charge is 2.69. The molecule has 0 bridgehead atoms. The SMILES string of the molecule is [2H]C(CC1([2H])C([2H])([2H])C([2H])([2H])C1([2H])[2H])(NC(=O)[C@@H]1[C@@H]2[C@H](CN1C(=O)[C@H](CC(C)(C)C)NC(=O)NC(C)(C)C)C2(C([2H])([2H])[2H])C([2H])([2H])[2H])C(=O)C(N)=O. The lowest BCUT2D eigenvalue weighted by Crippen LogP contribution is -2.60. The summed E-state index contributed by atoms with van der Waals surface area (Å²) in [6.07, 6.45) is -11.9. The van der Waals surface area contributed by atoms with Crippen LogP contribution in [0.15, 0.2) is 0 Å². The Hall–Kier alpha value is -2.65. The van der Waals surface area contributed by atoms with Gasteiger partial charge < -0.3 is 26.6 Å². The molecule has 214 valence electrons. The monoisotopic (exact) mass is 547 g/mol. The Morgan fingerprint density at radius 1 is 1.13 bits per heavy atom. The zero-order valence-corrected chi connectivity index (χ0v) is 22.5. The van der Waals surface area contributed by atoms with Crippen LogP contribution in [0.25, 0.3) is 0 Å². The highest BCUT2D eigenvalue weighted by molar-refractivity contribution is 6.37. The Balaban J connectivity index is 2.17. The summed E-state index contributed by atoms with van der Waals surface area (Å²) in [5, 5.41) is 7.00. The second kappa shape index (κ2) is 10.5. The first-order valence-electron chi connectivity index (χ1n) is 19.3. The predicted molar refractivity (Wildman–Crippen MR) is 144 cm³/mol. The van der Waals surface area contributed by atoms with E-state index in [0.717, 1.165) is 4.90 Å². The average Bonchev–Trinajstić information content (AvgIpc) is 3.43. The van der Waals surface area contributed by atoms with E-state index in [9.17, 15) is 24.0 Å². The van der Waals surface area contributed by atoms with Crippen molar-refractivity contribution in [2.75, 3.05) is 6.54 Å². The molecule has 5 N–H and O–H groups in total. The average molecular weight is 548 g/mol. The molecule has 3 rings (SSSR count). The van der Waals surface area contributed by atoms with Crippen molar-refractivity contribution in [1.29, 1.82) is 0 Å². The standard InChI is InChI=1S/C28H47N5O5/c1-26(2,3)13-18(31-25(38)32-27(4,5)6)24(37)33-14-16-19(28(16,7)8)20(33)23(36)30-17(21(34)22(29)35)12-15-10-9-11-15/h15-20H,9-14H2,1-8H3,(H2,29,35)(H,30,36)(H2,31,32,38)/t16-,17?,18-,19-,20-/m0/s1/i7D3,8D3,9D2,10D2,11D2,15D,17D. The summed E-state index contributed by atoms with van der Waals surface area (Å²) in [6, 6.07) is -7.78. The van der Waals surface area contributed by atoms with Gasteiger partial charge in [0.25, 0.3) is 5.91 Å². The summed E-state index contributed by atoms with van der Waals surface area (Å²) < 4.78 is 115. The number of piperidine rings is 1. The second-order valence-electron chi connectivity index (χ2n) is 12.3. The minimum absolute atomic E-state index is 0.0523. The van der Waals surface area contributed by atoms with E-state index in [1.54, 1.807) is 41.5 Å². The minimum atomic E-state index is -3.50. The summed E-state index contributed by atoms with van der Waals surface area (Å²) in [5.74, 6) is -12.8. The topological polar surface area (TPSA) is 151 Å². The fourth-order valence-corrected chi connectivity index (χ4v) is 4.78. The number of carbonyl (C=O) groups is 5. The number of amides is 5. The van der Waals surface area contributed by atoms with Crippen LogP contribution in [-0.4, -0.2) is 64.6 Å². The maximum Gasteiger partial charge on any atom is 0.315 e. The number of nitrogens with one attached hydrogen (secondary N) is 3. The van der Waals surface area contributed by atoms with Crippen LogP contribution in [0, 0.1) is 28.6 Å². The van der Waals surface area contributed by atoms with Crippen LogP contribution in [0.2, 0.25) is 0 Å². The van der Waals surface area contributed by atoms with Crippen molar-refractivity contribution in [2.45, 2.75) is 111 Å². The van der Waals surface area contributed by atoms with Gasteiger partial charge in [-0.2, -0.15) is 0 Å². The molecule has 10 heteroatoms. The summed E-state index contributed by atoms with van der Waals surface area (Å²) >= 11 is 0. The molecule has 0 spiro atoms. The number of ketones is 1. The van der Waals surface area contributed by atoms with Crippen LogP contribution in [0.5, 0.6) is 0 Å². The van der Waals surface area contributed by atoms with Gasteiger partial charge >= 0.3 is 6.03 Å². The largest absolute Gasteiger partial charge is 0.363 e. The molecule has 3 fully saturated rings. The molecule has 1 heterocycles. The molecule has 1 saturated heterocycles. The molecule has 1 unspecified atom stereocenters. The highest BCUT2D eigenvalue weighted by atomic mass is 16.2. The molecule has 3 aliphatic rings. The van der Waals surface area contributed by atoms with Gasteiger partial charge in [-0.05, 0) is 62.2 Å². The number of Topliss-reactive ketones (excluding diaryl/α,β-unsaturated/α-hetero) is 1. The smallest absolute Gasteiger partial charge is 0.315 e. The predicted octanol–water partition coefficient (Wildman–Crippen LogP) is 2.10. The molecule has 0 aromatic carbocycles. The van der Waals surface area contributed by atoms with Gasteiger partial charge in [0.2, 0.25) is 17.6 Å². The summed E-state index contributed by atoms with van der Waals surface area (Å²) in [4.78, 5) is 67.7. The lowest BCUT2D eigenvalue weighted by molar-refractivity contribution is -0.144. The van der Waals surface area contributed by atoms with E-state index in [4.69, 9.17) is 24.9 Å². The highest BCUT2D eigenvalue weighted by Crippen LogP contribution is 2.65. The van der Waals surface area contributed by atoms with Crippen LogP contribution in [-0.2, 0) is 19.2 Å². The van der Waals surface area contributed by atoms with Gasteiger partial charge in [0.15, 0.2) is 0 Å². The van der Waals surface area contributed by atoms with Crippen molar-refractivity contribution in [3.8, 4) is 0 Å². The normalized spacial score (nSPS) is 37.6. The number of fused-ring (bicyclic) bond motifs is 1. The third-order valence-corrected chi connectivity index (χ3v) is 6.52. The Morgan fingerprint density at radius 3 is 2.29 bits per heavy atom. The summed E-state index contributed by atoms with van der Waals surface area (Å²) in [7, 11) is 0. The van der Waals surface area contributed by atoms with Crippen LogP contribution in [0.4, 0.5) is 4.79 Å². The third-order valence-electron chi connectivity index (χ3n) is 6.52. The molecule has 0 aromatic rings. The maximum absolute atomic E-state index is 14.3. The maximum atomic E-state index is 14.3. The van der Waals surface area contributed by atoms with E-state index in [0.29, 0.717) is 0 Å². The van der Waals surface area contributed by atoms with Gasteiger partial charge in [0, 0.05) is 29.9 Å². The van der Waals surface area contributed by atoms with Crippen LogP contribution in [0.3, 0.4) is 0 Å². The van der Waals surface area contributed by atoms with Gasteiger partial charge in [0.1, 0.15) is 12.1 Å². The first-order valence-corrected chi connectivity index (χ1v) is 12.3. The van der Waals surface area contributed by atoms with Crippen molar-refractivity contribution >= 4 is 29.5 Å². The number of rotatable bonds is 9.